The first-order valence-electron chi connectivity index (χ1n) is 4.52. The predicted octanol–water partition coefficient (Wildman–Crippen LogP) is 2.36. The van der Waals surface area contributed by atoms with Gasteiger partial charge in [0.2, 0.25) is 0 Å². The lowest BCUT2D eigenvalue weighted by atomic mass is 10.3. The molecule has 0 saturated heterocycles. The van der Waals surface area contributed by atoms with Crippen LogP contribution in [0, 0.1) is 0 Å². The van der Waals surface area contributed by atoms with E-state index in [0.29, 0.717) is 5.15 Å². The number of aromatic nitrogens is 1. The third kappa shape index (κ3) is 3.19. The van der Waals surface area contributed by atoms with Gasteiger partial charge in [0.25, 0.3) is 0 Å². The lowest BCUT2D eigenvalue weighted by molar-refractivity contribution is 1.27. The molecular formula is C11H16ClN. The maximum absolute atomic E-state index is 5.85. The summed E-state index contributed by atoms with van der Waals surface area (Å²) in [5.41, 5.74) is 0. The van der Waals surface area contributed by atoms with E-state index in [2.05, 4.69) is 4.98 Å². The van der Waals surface area contributed by atoms with E-state index in [-0.39, 0.29) is 0 Å². The van der Waals surface area contributed by atoms with Crippen LogP contribution < -0.4 is 10.4 Å². The van der Waals surface area contributed by atoms with E-state index in [4.69, 9.17) is 11.6 Å². The molecule has 0 atom stereocenters. The minimum absolute atomic E-state index is 0.572. The summed E-state index contributed by atoms with van der Waals surface area (Å²) in [5, 5.41) is 2.72. The molecule has 0 bridgehead atoms. The van der Waals surface area contributed by atoms with Crippen molar-refractivity contribution in [2.75, 3.05) is 0 Å². The smallest absolute Gasteiger partial charge is 0.136 e. The third-order valence-electron chi connectivity index (χ3n) is 1.57. The fourth-order valence-electron chi connectivity index (χ4n) is 0.999. The minimum Gasteiger partial charge on any atom is -0.244 e. The quantitative estimate of drug-likeness (QED) is 0.582. The van der Waals surface area contributed by atoms with Crippen LogP contribution in [0.5, 0.6) is 0 Å². The molecule has 0 spiro atoms. The lowest BCUT2D eigenvalue weighted by Gasteiger charge is -1.90. The molecule has 0 aliphatic carbocycles. The van der Waals surface area contributed by atoms with Crippen LogP contribution in [0.4, 0.5) is 0 Å². The molecule has 1 rings (SSSR count). The van der Waals surface area contributed by atoms with E-state index in [9.17, 15) is 0 Å². The highest BCUT2D eigenvalue weighted by atomic mass is 35.5. The molecule has 1 aromatic heterocycles. The number of hydrogen-bond donors (Lipinski definition) is 0. The van der Waals surface area contributed by atoms with Crippen LogP contribution in [-0.4, -0.2) is 4.98 Å². The van der Waals surface area contributed by atoms with Gasteiger partial charge in [0.15, 0.2) is 0 Å². The normalized spacial score (nSPS) is 12.4. The lowest BCUT2D eigenvalue weighted by Crippen LogP contribution is -2.25. The van der Waals surface area contributed by atoms with Gasteiger partial charge in [-0.25, -0.2) is 4.98 Å². The molecule has 0 radical (unpaired) electrons. The van der Waals surface area contributed by atoms with Crippen LogP contribution in [0.2, 0.25) is 5.15 Å². The van der Waals surface area contributed by atoms with Gasteiger partial charge in [0.1, 0.15) is 5.15 Å². The first-order valence-corrected chi connectivity index (χ1v) is 4.90. The van der Waals surface area contributed by atoms with Crippen molar-refractivity contribution in [3.05, 3.63) is 27.9 Å². The highest BCUT2D eigenvalue weighted by Gasteiger charge is 1.89. The monoisotopic (exact) mass is 197 g/mol. The van der Waals surface area contributed by atoms with E-state index < -0.39 is 0 Å². The molecular weight excluding hydrogens is 182 g/mol. The summed E-state index contributed by atoms with van der Waals surface area (Å²) in [6.07, 6.45) is 5.69. The number of nitrogens with zero attached hydrogens (tertiary/aromatic N) is 1. The van der Waals surface area contributed by atoms with Crippen molar-refractivity contribution < 1.29 is 0 Å². The summed E-state index contributed by atoms with van der Waals surface area (Å²) in [6, 6.07) is 1.95. The summed E-state index contributed by atoms with van der Waals surface area (Å²) in [5.74, 6) is 0. The molecule has 0 aliphatic rings. The van der Waals surface area contributed by atoms with Crippen LogP contribution in [0.25, 0.3) is 12.2 Å². The van der Waals surface area contributed by atoms with E-state index >= 15 is 0 Å². The largest absolute Gasteiger partial charge is 0.244 e. The molecule has 0 aromatic carbocycles. The fourth-order valence-corrected chi connectivity index (χ4v) is 1.27. The molecule has 0 N–H and O–H groups in total. The number of hydrogen-bond acceptors (Lipinski definition) is 1. The molecule has 1 nitrogen and oxygen atoms in total. The van der Waals surface area contributed by atoms with Gasteiger partial charge >= 0.3 is 0 Å². The summed E-state index contributed by atoms with van der Waals surface area (Å²) in [7, 11) is 0. The molecule has 0 unspecified atom stereocenters. The summed E-state index contributed by atoms with van der Waals surface area (Å²) in [4.78, 5) is 3.97. The minimum atomic E-state index is 0.572. The average Bonchev–Trinajstić information content (AvgIpc) is 2.20. The highest BCUT2D eigenvalue weighted by molar-refractivity contribution is 6.29. The van der Waals surface area contributed by atoms with Gasteiger partial charge in [-0.1, -0.05) is 37.6 Å². The van der Waals surface area contributed by atoms with Gasteiger partial charge in [-0.15, -0.1) is 0 Å². The Labute approximate surface area is 84.8 Å². The predicted molar refractivity (Wildman–Crippen MR) is 60.1 cm³/mol. The first-order chi connectivity index (χ1) is 6.29. The SMILES string of the molecule is C/C=c1/ccnc(Cl)/c1=C/C.CC. The highest BCUT2D eigenvalue weighted by Crippen LogP contribution is 1.89. The van der Waals surface area contributed by atoms with Crippen molar-refractivity contribution in [3.63, 3.8) is 0 Å². The molecule has 2 heteroatoms. The Kier molecular flexibility index (Phi) is 6.25. The van der Waals surface area contributed by atoms with Gasteiger partial charge in [-0.3, -0.25) is 0 Å². The Balaban J connectivity index is 0.000000671. The van der Waals surface area contributed by atoms with Gasteiger partial charge in [0.05, 0.1) is 0 Å². The molecule has 0 saturated carbocycles. The second-order valence-corrected chi connectivity index (χ2v) is 2.54. The number of halogens is 1. The second kappa shape index (κ2) is 6.67. The summed E-state index contributed by atoms with van der Waals surface area (Å²) >= 11 is 5.85. The zero-order valence-corrected chi connectivity index (χ0v) is 9.39. The Morgan fingerprint density at radius 3 is 2.23 bits per heavy atom. The van der Waals surface area contributed by atoms with Gasteiger partial charge in [-0.05, 0) is 25.1 Å². The zero-order chi connectivity index (χ0) is 10.3. The second-order valence-electron chi connectivity index (χ2n) is 2.18. The number of rotatable bonds is 0. The molecule has 0 aliphatic heterocycles. The summed E-state index contributed by atoms with van der Waals surface area (Å²) in [6.45, 7) is 7.94. The van der Waals surface area contributed by atoms with E-state index in [1.54, 1.807) is 6.20 Å². The maximum atomic E-state index is 5.85. The Hall–Kier alpha value is -0.820. The van der Waals surface area contributed by atoms with Gasteiger partial charge in [0, 0.05) is 11.4 Å². The van der Waals surface area contributed by atoms with Crippen molar-refractivity contribution in [3.8, 4) is 0 Å². The van der Waals surface area contributed by atoms with Gasteiger partial charge in [-0.2, -0.15) is 0 Å². The van der Waals surface area contributed by atoms with Crippen LogP contribution >= 0.6 is 11.6 Å². The molecule has 1 aromatic rings. The third-order valence-corrected chi connectivity index (χ3v) is 1.88. The fraction of sp³-hybridized carbons (Fsp3) is 0.364. The van der Waals surface area contributed by atoms with Crippen LogP contribution in [0.15, 0.2) is 12.3 Å². The van der Waals surface area contributed by atoms with Crippen molar-refractivity contribution in [2.45, 2.75) is 27.7 Å². The molecule has 72 valence electrons. The molecule has 1 heterocycles. The van der Waals surface area contributed by atoms with Crippen LogP contribution in [-0.2, 0) is 0 Å². The topological polar surface area (TPSA) is 12.9 Å². The number of pyridine rings is 1. The van der Waals surface area contributed by atoms with Crippen molar-refractivity contribution >= 4 is 23.8 Å². The first kappa shape index (κ1) is 12.2. The van der Waals surface area contributed by atoms with Crippen LogP contribution in [0.1, 0.15) is 27.7 Å². The van der Waals surface area contributed by atoms with Crippen molar-refractivity contribution in [1.29, 1.82) is 0 Å². The standard InChI is InChI=1S/C9H10ClN.C2H6/c1-3-7-5-6-11-9(10)8(7)4-2;1-2/h3-6H,1-2H3;1-2H3/b7-3-,8-4+;. The Morgan fingerprint density at radius 1 is 1.23 bits per heavy atom. The van der Waals surface area contributed by atoms with Crippen molar-refractivity contribution in [2.24, 2.45) is 0 Å². The Bertz CT molecular complexity index is 355. The van der Waals surface area contributed by atoms with E-state index in [1.165, 1.54) is 0 Å². The maximum Gasteiger partial charge on any atom is 0.136 e. The Morgan fingerprint density at radius 2 is 1.85 bits per heavy atom. The molecule has 13 heavy (non-hydrogen) atoms. The zero-order valence-electron chi connectivity index (χ0n) is 8.63. The molecule has 0 fully saturated rings. The van der Waals surface area contributed by atoms with Crippen molar-refractivity contribution in [1.82, 2.24) is 4.98 Å². The van der Waals surface area contributed by atoms with E-state index in [0.717, 1.165) is 10.4 Å². The van der Waals surface area contributed by atoms with E-state index in [1.807, 2.05) is 45.9 Å². The van der Waals surface area contributed by atoms with Gasteiger partial charge < -0.3 is 0 Å². The average molecular weight is 198 g/mol. The molecule has 0 amide bonds. The van der Waals surface area contributed by atoms with Crippen LogP contribution in [0.3, 0.4) is 0 Å². The summed E-state index contributed by atoms with van der Waals surface area (Å²) < 4.78 is 0.